The van der Waals surface area contributed by atoms with Crippen LogP contribution in [0.2, 0.25) is 0 Å². The lowest BCUT2D eigenvalue weighted by atomic mass is 9.89. The van der Waals surface area contributed by atoms with Gasteiger partial charge in [-0.3, -0.25) is 14.5 Å². The molecule has 0 spiro atoms. The second-order valence-corrected chi connectivity index (χ2v) is 7.35. The number of aromatic nitrogens is 3. The molecule has 2 fully saturated rings. The van der Waals surface area contributed by atoms with Gasteiger partial charge in [-0.15, -0.1) is 17.7 Å². The maximum Gasteiger partial charge on any atom is 0.414 e. The number of hydrogen-bond acceptors (Lipinski definition) is 9. The van der Waals surface area contributed by atoms with E-state index in [1.807, 2.05) is 0 Å². The van der Waals surface area contributed by atoms with Gasteiger partial charge in [0.15, 0.2) is 17.0 Å². The highest BCUT2D eigenvalue weighted by molar-refractivity contribution is 7.81. The molecule has 10 nitrogen and oxygen atoms in total. The van der Waals surface area contributed by atoms with Crippen LogP contribution >= 0.6 is 12.6 Å². The van der Waals surface area contributed by atoms with Gasteiger partial charge < -0.3 is 14.6 Å². The van der Waals surface area contributed by atoms with Crippen LogP contribution in [0.4, 0.5) is 14.9 Å². The zero-order valence-electron chi connectivity index (χ0n) is 15.5. The molecule has 1 amide bonds. The van der Waals surface area contributed by atoms with Crippen LogP contribution in [0, 0.1) is 5.82 Å². The Morgan fingerprint density at radius 3 is 2.80 bits per heavy atom. The zero-order chi connectivity index (χ0) is 21.4. The highest BCUT2D eigenvalue weighted by Gasteiger charge is 2.39. The highest BCUT2D eigenvalue weighted by Crippen LogP contribution is 2.31. The second-order valence-electron chi connectivity index (χ2n) is 6.88. The number of anilines is 1. The summed E-state index contributed by atoms with van der Waals surface area (Å²) < 4.78 is 26.4. The van der Waals surface area contributed by atoms with Crippen LogP contribution in [0.5, 0.6) is 0 Å². The first-order valence-electron chi connectivity index (χ1n) is 9.01. The molecule has 0 bridgehead atoms. The van der Waals surface area contributed by atoms with Crippen LogP contribution in [0.15, 0.2) is 24.4 Å². The summed E-state index contributed by atoms with van der Waals surface area (Å²) in [6, 6.07) is 3.84. The maximum atomic E-state index is 14.8. The Morgan fingerprint density at radius 1 is 1.30 bits per heavy atom. The first-order chi connectivity index (χ1) is 14.4. The number of amides is 1. The highest BCUT2D eigenvalue weighted by atomic mass is 32.1. The molecule has 0 aliphatic carbocycles. The number of thiol groups is 1. The molecular weight excluding hydrogens is 419 g/mol. The van der Waals surface area contributed by atoms with Crippen molar-refractivity contribution in [1.29, 1.82) is 0 Å². The third-order valence-corrected chi connectivity index (χ3v) is 5.26. The number of ketones is 2. The van der Waals surface area contributed by atoms with Gasteiger partial charge in [0.1, 0.15) is 30.1 Å². The van der Waals surface area contributed by atoms with Gasteiger partial charge >= 0.3 is 6.09 Å². The monoisotopic (exact) mass is 436 g/mol. The lowest BCUT2D eigenvalue weighted by molar-refractivity contribution is -0.143. The van der Waals surface area contributed by atoms with Crippen LogP contribution in [0.3, 0.4) is 0 Å². The number of nitrogens with zero attached hydrogens (tertiary/aromatic N) is 4. The molecule has 3 atom stereocenters. The van der Waals surface area contributed by atoms with Crippen molar-refractivity contribution in [3.05, 3.63) is 41.5 Å². The van der Waals surface area contributed by atoms with E-state index in [0.717, 1.165) is 6.07 Å². The predicted molar refractivity (Wildman–Crippen MR) is 101 cm³/mol. The number of aliphatic hydroxyl groups is 1. The lowest BCUT2D eigenvalue weighted by Crippen LogP contribution is -2.39. The third-order valence-electron chi connectivity index (χ3n) is 4.85. The molecule has 30 heavy (non-hydrogen) atoms. The van der Waals surface area contributed by atoms with Crippen LogP contribution in [-0.4, -0.2) is 62.5 Å². The van der Waals surface area contributed by atoms with Gasteiger partial charge in [-0.05, 0) is 12.1 Å². The summed E-state index contributed by atoms with van der Waals surface area (Å²) in [5.74, 6) is -3.26. The summed E-state index contributed by atoms with van der Waals surface area (Å²) in [5.41, 5.74) is -0.564. The number of ether oxygens (including phenoxy) is 2. The molecule has 0 saturated carbocycles. The largest absolute Gasteiger partial charge is 0.442 e. The first kappa shape index (κ1) is 20.4. The van der Waals surface area contributed by atoms with Gasteiger partial charge in [-0.2, -0.15) is 0 Å². The molecule has 158 valence electrons. The smallest absolute Gasteiger partial charge is 0.414 e. The Labute approximate surface area is 175 Å². The van der Waals surface area contributed by atoms with Gasteiger partial charge in [-0.1, -0.05) is 11.3 Å². The number of hydrogen-bond donors (Lipinski definition) is 2. The number of halogens is 1. The fraction of sp³-hybridized carbons (Fsp3) is 0.389. The van der Waals surface area contributed by atoms with Crippen molar-refractivity contribution < 1.29 is 33.4 Å². The van der Waals surface area contributed by atoms with E-state index in [2.05, 4.69) is 22.9 Å². The number of carbonyl (C=O) groups is 3. The topological polar surface area (TPSA) is 124 Å². The summed E-state index contributed by atoms with van der Waals surface area (Å²) >= 11 is 3.96. The minimum atomic E-state index is -1.29. The summed E-state index contributed by atoms with van der Waals surface area (Å²) in [5, 5.41) is 16.6. The van der Waals surface area contributed by atoms with Crippen molar-refractivity contribution in [3.8, 4) is 0 Å². The molecule has 0 radical (unpaired) electrons. The van der Waals surface area contributed by atoms with Gasteiger partial charge in [0.2, 0.25) is 0 Å². The molecule has 12 heteroatoms. The normalized spacial score (nSPS) is 24.4. The average molecular weight is 436 g/mol. The van der Waals surface area contributed by atoms with E-state index in [4.69, 9.17) is 14.6 Å². The predicted octanol–water partition coefficient (Wildman–Crippen LogP) is 0.443. The summed E-state index contributed by atoms with van der Waals surface area (Å²) in [6.07, 6.45) is 0.307. The molecule has 2 saturated heterocycles. The minimum Gasteiger partial charge on any atom is -0.442 e. The van der Waals surface area contributed by atoms with Crippen molar-refractivity contribution in [1.82, 2.24) is 15.0 Å². The van der Waals surface area contributed by atoms with Crippen molar-refractivity contribution in [2.24, 2.45) is 0 Å². The second kappa shape index (κ2) is 8.13. The number of benzene rings is 1. The van der Waals surface area contributed by atoms with Crippen LogP contribution < -0.4 is 4.90 Å². The molecule has 1 aromatic carbocycles. The number of aliphatic hydroxyl groups excluding tert-OH is 1. The number of cyclic esters (lactones) is 1. The SMILES string of the molecule is O=C1CO[C@H](S)C(=O)[C@@H]1c1ccc(N2C[C@H](Cn3cc(CO)nn3)OC2=O)cc1F. The quantitative estimate of drug-likeness (QED) is 0.511. The molecule has 2 aromatic rings. The molecule has 2 aliphatic heterocycles. The molecule has 4 rings (SSSR count). The van der Waals surface area contributed by atoms with E-state index in [-0.39, 0.29) is 37.6 Å². The molecule has 1 N–H and O–H groups in total. The number of carbonyl (C=O) groups excluding carboxylic acids is 3. The summed E-state index contributed by atoms with van der Waals surface area (Å²) in [7, 11) is 0. The Hall–Kier alpha value is -2.83. The Morgan fingerprint density at radius 2 is 2.10 bits per heavy atom. The first-order valence-corrected chi connectivity index (χ1v) is 9.52. The van der Waals surface area contributed by atoms with Crippen LogP contribution in [0.25, 0.3) is 0 Å². The van der Waals surface area contributed by atoms with E-state index in [1.165, 1.54) is 27.9 Å². The van der Waals surface area contributed by atoms with Gasteiger partial charge in [0, 0.05) is 5.56 Å². The Bertz CT molecular complexity index is 1010. The van der Waals surface area contributed by atoms with E-state index in [9.17, 15) is 18.8 Å². The fourth-order valence-electron chi connectivity index (χ4n) is 3.41. The standard InChI is InChI=1S/C18H17FN4O6S/c19-13-3-10(1-2-12(13)15-14(25)8-28-17(30)16(15)26)23-6-11(29-18(23)27)5-22-4-9(7-24)20-21-22/h1-4,11,15,17,24,30H,5-8H2/t11-,15+,17+/m0/s1. The maximum absolute atomic E-state index is 14.8. The van der Waals surface area contributed by atoms with Crippen LogP contribution in [0.1, 0.15) is 17.2 Å². The van der Waals surface area contributed by atoms with Gasteiger partial charge in [0.25, 0.3) is 0 Å². The fourth-order valence-corrected chi connectivity index (χ4v) is 3.63. The van der Waals surface area contributed by atoms with E-state index < -0.39 is 40.9 Å². The van der Waals surface area contributed by atoms with Crippen molar-refractivity contribution >= 4 is 36.0 Å². The Kier molecular flexibility index (Phi) is 5.54. The number of Topliss-reactive ketones (excluding diaryl/α,β-unsaturated/α-hetero) is 2. The van der Waals surface area contributed by atoms with Crippen LogP contribution in [-0.2, 0) is 32.2 Å². The third kappa shape index (κ3) is 3.80. The Balaban J connectivity index is 1.50. The van der Waals surface area contributed by atoms with Crippen molar-refractivity contribution in [3.63, 3.8) is 0 Å². The zero-order valence-corrected chi connectivity index (χ0v) is 16.4. The minimum absolute atomic E-state index is 0.0839. The molecular formula is C18H17FN4O6S. The molecule has 0 unspecified atom stereocenters. The molecule has 1 aromatic heterocycles. The van der Waals surface area contributed by atoms with Crippen molar-refractivity contribution in [2.45, 2.75) is 30.6 Å². The summed E-state index contributed by atoms with van der Waals surface area (Å²) in [4.78, 5) is 37.8. The van der Waals surface area contributed by atoms with Gasteiger partial charge in [0.05, 0.1) is 31.6 Å². The van der Waals surface area contributed by atoms with Gasteiger partial charge in [-0.25, -0.2) is 13.9 Å². The average Bonchev–Trinajstić information content (AvgIpc) is 3.32. The van der Waals surface area contributed by atoms with Crippen molar-refractivity contribution in [2.75, 3.05) is 18.1 Å². The number of rotatable bonds is 5. The summed E-state index contributed by atoms with van der Waals surface area (Å²) in [6.45, 7) is -0.232. The van der Waals surface area contributed by atoms with E-state index in [0.29, 0.717) is 5.69 Å². The van der Waals surface area contributed by atoms with E-state index >= 15 is 0 Å². The van der Waals surface area contributed by atoms with E-state index in [1.54, 1.807) is 0 Å². The molecule has 3 heterocycles. The lowest BCUT2D eigenvalue weighted by Gasteiger charge is -2.25. The molecule has 2 aliphatic rings.